The lowest BCUT2D eigenvalue weighted by atomic mass is 10.1. The molecular weight excluding hydrogens is 414 g/mol. The molecule has 0 unspecified atom stereocenters. The van der Waals surface area contributed by atoms with Crippen molar-refractivity contribution in [3.8, 4) is 5.75 Å². The summed E-state index contributed by atoms with van der Waals surface area (Å²) in [5.41, 5.74) is 2.46. The molecule has 1 aromatic heterocycles. The molecule has 1 amide bonds. The summed E-state index contributed by atoms with van der Waals surface area (Å²) in [5.74, 6) is 0.266. The van der Waals surface area contributed by atoms with Gasteiger partial charge in [0.05, 0.1) is 11.3 Å². The molecule has 0 bridgehead atoms. The number of nitrogens with one attached hydrogen (secondary N) is 1. The van der Waals surface area contributed by atoms with Crippen molar-refractivity contribution in [1.29, 1.82) is 0 Å². The fourth-order valence-electron chi connectivity index (χ4n) is 3.18. The molecule has 0 spiro atoms. The Balaban J connectivity index is 1.57. The van der Waals surface area contributed by atoms with E-state index in [2.05, 4.69) is 10.3 Å². The van der Waals surface area contributed by atoms with Crippen molar-refractivity contribution in [1.82, 2.24) is 14.6 Å². The summed E-state index contributed by atoms with van der Waals surface area (Å²) >= 11 is 6.32. The first kappa shape index (κ1) is 21.5. The van der Waals surface area contributed by atoms with E-state index >= 15 is 0 Å². The molecule has 1 aromatic carbocycles. The molecule has 1 fully saturated rings. The van der Waals surface area contributed by atoms with Crippen LogP contribution in [0.15, 0.2) is 36.7 Å². The maximum Gasteiger partial charge on any atom is 0.251 e. The van der Waals surface area contributed by atoms with Crippen LogP contribution in [-0.4, -0.2) is 49.1 Å². The first-order valence-electron chi connectivity index (χ1n) is 9.33. The van der Waals surface area contributed by atoms with E-state index in [-0.39, 0.29) is 12.0 Å². The van der Waals surface area contributed by atoms with Crippen molar-refractivity contribution in [2.45, 2.75) is 32.4 Å². The van der Waals surface area contributed by atoms with E-state index in [1.54, 1.807) is 30.6 Å². The first-order chi connectivity index (χ1) is 13.7. The van der Waals surface area contributed by atoms with Crippen LogP contribution in [0.3, 0.4) is 0 Å². The molecule has 7 nitrogen and oxygen atoms in total. The Morgan fingerprint density at radius 3 is 2.66 bits per heavy atom. The van der Waals surface area contributed by atoms with E-state index in [0.29, 0.717) is 48.8 Å². The predicted molar refractivity (Wildman–Crippen MR) is 112 cm³/mol. The van der Waals surface area contributed by atoms with Gasteiger partial charge in [-0.2, -0.15) is 0 Å². The number of aryl methyl sites for hydroxylation is 1. The van der Waals surface area contributed by atoms with Crippen molar-refractivity contribution >= 4 is 27.5 Å². The molecule has 1 aliphatic heterocycles. The summed E-state index contributed by atoms with van der Waals surface area (Å²) in [4.78, 5) is 16.5. The van der Waals surface area contributed by atoms with Crippen LogP contribution < -0.4 is 10.1 Å². The van der Waals surface area contributed by atoms with Gasteiger partial charge in [-0.25, -0.2) is 12.7 Å². The van der Waals surface area contributed by atoms with Gasteiger partial charge in [0.25, 0.3) is 5.91 Å². The van der Waals surface area contributed by atoms with E-state index < -0.39 is 10.0 Å². The number of sulfonamides is 1. The van der Waals surface area contributed by atoms with Crippen molar-refractivity contribution in [3.05, 3.63) is 58.4 Å². The largest absolute Gasteiger partial charge is 0.489 e. The number of halogens is 1. The van der Waals surface area contributed by atoms with Crippen LogP contribution in [-0.2, 0) is 16.6 Å². The average Bonchev–Trinajstić information content (AvgIpc) is 2.68. The van der Waals surface area contributed by atoms with Crippen LogP contribution in [0.25, 0.3) is 0 Å². The zero-order valence-corrected chi connectivity index (χ0v) is 18.0. The smallest absolute Gasteiger partial charge is 0.251 e. The molecule has 0 atom stereocenters. The molecule has 3 rings (SSSR count). The van der Waals surface area contributed by atoms with Gasteiger partial charge in [0.15, 0.2) is 0 Å². The molecular formula is C20H24ClN3O4S. The van der Waals surface area contributed by atoms with E-state index in [4.69, 9.17) is 16.3 Å². The predicted octanol–water partition coefficient (Wildman–Crippen LogP) is 2.78. The number of piperidine rings is 1. The number of benzene rings is 1. The molecule has 2 heterocycles. The minimum atomic E-state index is -3.17. The Kier molecular flexibility index (Phi) is 6.77. The van der Waals surface area contributed by atoms with Crippen molar-refractivity contribution in [3.63, 3.8) is 0 Å². The number of amides is 1. The van der Waals surface area contributed by atoms with Gasteiger partial charge < -0.3 is 10.1 Å². The molecule has 2 aromatic rings. The van der Waals surface area contributed by atoms with Gasteiger partial charge in [-0.15, -0.1) is 0 Å². The van der Waals surface area contributed by atoms with Gasteiger partial charge in [0.2, 0.25) is 10.0 Å². The standard InChI is InChI=1S/C20H24ClN3O4S/c1-14-12-22-8-5-16(14)13-23-20(25)15-3-4-19(18(21)11-15)28-17-6-9-24(10-7-17)29(2,26)27/h3-5,8,11-12,17H,6-7,9-10,13H2,1-2H3,(H,23,25). The fraction of sp³-hybridized carbons (Fsp3) is 0.400. The Morgan fingerprint density at radius 2 is 2.03 bits per heavy atom. The van der Waals surface area contributed by atoms with Gasteiger partial charge in [-0.1, -0.05) is 11.6 Å². The van der Waals surface area contributed by atoms with Gasteiger partial charge in [0.1, 0.15) is 11.9 Å². The SMILES string of the molecule is Cc1cnccc1CNC(=O)c1ccc(OC2CCN(S(C)(=O)=O)CC2)c(Cl)c1. The summed E-state index contributed by atoms with van der Waals surface area (Å²) < 4.78 is 30.6. The van der Waals surface area contributed by atoms with Crippen LogP contribution in [0.4, 0.5) is 0 Å². The monoisotopic (exact) mass is 437 g/mol. The van der Waals surface area contributed by atoms with Crippen molar-refractivity contribution < 1.29 is 17.9 Å². The van der Waals surface area contributed by atoms with Crippen LogP contribution in [0, 0.1) is 6.92 Å². The Labute approximate surface area is 176 Å². The molecule has 29 heavy (non-hydrogen) atoms. The number of hydrogen-bond donors (Lipinski definition) is 1. The fourth-order valence-corrected chi connectivity index (χ4v) is 4.28. The summed E-state index contributed by atoms with van der Waals surface area (Å²) in [6, 6.07) is 6.80. The quantitative estimate of drug-likeness (QED) is 0.750. The van der Waals surface area contributed by atoms with E-state index in [9.17, 15) is 13.2 Å². The number of carbonyl (C=O) groups is 1. The minimum Gasteiger partial charge on any atom is -0.489 e. The third-order valence-corrected chi connectivity index (χ3v) is 6.53. The summed E-state index contributed by atoms with van der Waals surface area (Å²) in [6.07, 6.45) is 5.74. The molecule has 1 N–H and O–H groups in total. The second kappa shape index (κ2) is 9.11. The van der Waals surface area contributed by atoms with Crippen molar-refractivity contribution in [2.24, 2.45) is 0 Å². The molecule has 1 aliphatic rings. The third kappa shape index (κ3) is 5.68. The Morgan fingerprint density at radius 1 is 1.31 bits per heavy atom. The number of nitrogens with zero attached hydrogens (tertiary/aromatic N) is 2. The Hall–Kier alpha value is -2.16. The lowest BCUT2D eigenvalue weighted by Crippen LogP contribution is -2.41. The minimum absolute atomic E-state index is 0.111. The molecule has 0 radical (unpaired) electrons. The number of hydrogen-bond acceptors (Lipinski definition) is 5. The highest BCUT2D eigenvalue weighted by atomic mass is 35.5. The molecule has 0 aliphatic carbocycles. The highest BCUT2D eigenvalue weighted by Gasteiger charge is 2.26. The van der Waals surface area contributed by atoms with Crippen molar-refractivity contribution in [2.75, 3.05) is 19.3 Å². The van der Waals surface area contributed by atoms with Gasteiger partial charge in [0, 0.05) is 37.6 Å². The average molecular weight is 438 g/mol. The second-order valence-corrected chi connectivity index (χ2v) is 9.50. The Bertz CT molecular complexity index is 989. The van der Waals surface area contributed by atoms with Crippen LogP contribution in [0.1, 0.15) is 34.3 Å². The molecule has 1 saturated heterocycles. The number of rotatable bonds is 6. The summed E-state index contributed by atoms with van der Waals surface area (Å²) in [6.45, 7) is 3.20. The maximum atomic E-state index is 12.4. The van der Waals surface area contributed by atoms with Crippen LogP contribution >= 0.6 is 11.6 Å². The van der Waals surface area contributed by atoms with Crippen LogP contribution in [0.2, 0.25) is 5.02 Å². The molecule has 0 saturated carbocycles. The zero-order chi connectivity index (χ0) is 21.0. The van der Waals surface area contributed by atoms with E-state index in [1.165, 1.54) is 10.6 Å². The molecule has 9 heteroatoms. The maximum absolute atomic E-state index is 12.4. The van der Waals surface area contributed by atoms with E-state index in [1.807, 2.05) is 13.0 Å². The van der Waals surface area contributed by atoms with E-state index in [0.717, 1.165) is 11.1 Å². The van der Waals surface area contributed by atoms with Gasteiger partial charge >= 0.3 is 0 Å². The van der Waals surface area contributed by atoms with Gasteiger partial charge in [-0.05, 0) is 55.2 Å². The number of ether oxygens (including phenoxy) is 1. The second-order valence-electron chi connectivity index (χ2n) is 7.11. The highest BCUT2D eigenvalue weighted by Crippen LogP contribution is 2.29. The third-order valence-electron chi connectivity index (χ3n) is 4.93. The number of aromatic nitrogens is 1. The topological polar surface area (TPSA) is 88.6 Å². The normalized spacial score (nSPS) is 15.8. The lowest BCUT2D eigenvalue weighted by molar-refractivity contribution is 0.0950. The first-order valence-corrected chi connectivity index (χ1v) is 11.6. The summed E-state index contributed by atoms with van der Waals surface area (Å²) in [5, 5.41) is 3.22. The van der Waals surface area contributed by atoms with Crippen LogP contribution in [0.5, 0.6) is 5.75 Å². The highest BCUT2D eigenvalue weighted by molar-refractivity contribution is 7.88. The number of pyridine rings is 1. The van der Waals surface area contributed by atoms with Gasteiger partial charge in [-0.3, -0.25) is 9.78 Å². The lowest BCUT2D eigenvalue weighted by Gasteiger charge is -2.30. The molecule has 156 valence electrons. The zero-order valence-electron chi connectivity index (χ0n) is 16.4. The summed E-state index contributed by atoms with van der Waals surface area (Å²) in [7, 11) is -3.17. The number of carbonyl (C=O) groups excluding carboxylic acids is 1.